The van der Waals surface area contributed by atoms with Crippen LogP contribution >= 0.6 is 27.7 Å². The molecule has 0 aliphatic carbocycles. The standard InChI is InChI=1S/C22H15BrF3N2OS/c23-18-7-3-8-19(12-18)28-14-30-21(27-28)16-5-2-9-20(11-16)29-13-15-4-1-6-17(10-15)22(24,25)26/h1-12,14H,13H2. The van der Waals surface area contributed by atoms with Crippen LogP contribution in [0.4, 0.5) is 18.9 Å². The van der Waals surface area contributed by atoms with Crippen LogP contribution in [0.2, 0.25) is 0 Å². The molecule has 0 saturated heterocycles. The molecule has 0 saturated carbocycles. The molecule has 3 aromatic carbocycles. The van der Waals surface area contributed by atoms with Crippen molar-refractivity contribution in [1.29, 1.82) is 0 Å². The van der Waals surface area contributed by atoms with Gasteiger partial charge in [0.25, 0.3) is 0 Å². The number of thioether (sulfide) groups is 1. The number of hydrogen-bond donors (Lipinski definition) is 0. The smallest absolute Gasteiger partial charge is 0.416 e. The highest BCUT2D eigenvalue weighted by molar-refractivity contribution is 9.10. The Hall–Kier alpha value is -2.45. The summed E-state index contributed by atoms with van der Waals surface area (Å²) in [5.74, 6) is 2.47. The number of anilines is 1. The predicted molar refractivity (Wildman–Crippen MR) is 117 cm³/mol. The van der Waals surface area contributed by atoms with Gasteiger partial charge in [-0.05, 0) is 48.0 Å². The molecule has 1 radical (unpaired) electrons. The summed E-state index contributed by atoms with van der Waals surface area (Å²) < 4.78 is 45.3. The van der Waals surface area contributed by atoms with Gasteiger partial charge in [0.1, 0.15) is 23.3 Å². The van der Waals surface area contributed by atoms with Crippen molar-refractivity contribution in [2.75, 3.05) is 5.01 Å². The zero-order chi connectivity index (χ0) is 21.1. The average molecular weight is 492 g/mol. The number of halogens is 4. The fourth-order valence-electron chi connectivity index (χ4n) is 2.83. The summed E-state index contributed by atoms with van der Waals surface area (Å²) in [7, 11) is 0. The van der Waals surface area contributed by atoms with E-state index in [1.54, 1.807) is 17.1 Å². The van der Waals surface area contributed by atoms with Gasteiger partial charge in [0.2, 0.25) is 0 Å². The Labute approximate surface area is 184 Å². The Morgan fingerprint density at radius 2 is 1.77 bits per heavy atom. The number of hydrogen-bond acceptors (Lipinski definition) is 4. The third-order valence-electron chi connectivity index (χ3n) is 4.28. The summed E-state index contributed by atoms with van der Waals surface area (Å²) in [5, 5.41) is 7.22. The first-order valence-electron chi connectivity index (χ1n) is 8.91. The monoisotopic (exact) mass is 491 g/mol. The van der Waals surface area contributed by atoms with Gasteiger partial charge < -0.3 is 4.74 Å². The topological polar surface area (TPSA) is 24.8 Å². The Balaban J connectivity index is 1.46. The molecule has 3 nitrogen and oxygen atoms in total. The lowest BCUT2D eigenvalue weighted by atomic mass is 10.1. The van der Waals surface area contributed by atoms with E-state index in [4.69, 9.17) is 4.74 Å². The van der Waals surface area contributed by atoms with Crippen LogP contribution in [0.3, 0.4) is 0 Å². The molecule has 0 aromatic heterocycles. The zero-order valence-electron chi connectivity index (χ0n) is 15.4. The highest BCUT2D eigenvalue weighted by Gasteiger charge is 2.30. The molecule has 30 heavy (non-hydrogen) atoms. The maximum atomic E-state index is 12.9. The molecule has 0 spiro atoms. The van der Waals surface area contributed by atoms with E-state index >= 15 is 0 Å². The molecule has 0 unspecified atom stereocenters. The van der Waals surface area contributed by atoms with Crippen molar-refractivity contribution in [2.45, 2.75) is 12.8 Å². The SMILES string of the molecule is FC(F)(F)c1cccc(COc2cccc(C3=NN(c4cccc(Br)c4)[CH]S3)c2)c1. The summed E-state index contributed by atoms with van der Waals surface area (Å²) in [6.07, 6.45) is -4.37. The zero-order valence-corrected chi connectivity index (χ0v) is 17.8. The number of rotatable bonds is 5. The Morgan fingerprint density at radius 3 is 2.57 bits per heavy atom. The molecular formula is C22H15BrF3N2OS. The second kappa shape index (κ2) is 8.73. The van der Waals surface area contributed by atoms with E-state index in [2.05, 4.69) is 21.0 Å². The molecule has 0 amide bonds. The van der Waals surface area contributed by atoms with Crippen LogP contribution in [-0.4, -0.2) is 5.04 Å². The molecule has 1 aliphatic heterocycles. The van der Waals surface area contributed by atoms with Crippen molar-refractivity contribution in [3.05, 3.63) is 99.8 Å². The van der Waals surface area contributed by atoms with E-state index < -0.39 is 11.7 Å². The molecule has 8 heteroatoms. The van der Waals surface area contributed by atoms with Crippen LogP contribution < -0.4 is 9.75 Å². The van der Waals surface area contributed by atoms with Crippen LogP contribution in [0.15, 0.2) is 82.4 Å². The lowest BCUT2D eigenvalue weighted by Gasteiger charge is -2.12. The van der Waals surface area contributed by atoms with E-state index in [1.165, 1.54) is 17.8 Å². The molecule has 4 rings (SSSR count). The minimum atomic E-state index is -4.37. The second-order valence-corrected chi connectivity index (χ2v) is 8.22. The lowest BCUT2D eigenvalue weighted by molar-refractivity contribution is -0.137. The van der Waals surface area contributed by atoms with E-state index in [1.807, 2.05) is 48.3 Å². The van der Waals surface area contributed by atoms with Crippen molar-refractivity contribution in [3.63, 3.8) is 0 Å². The molecule has 0 N–H and O–H groups in total. The summed E-state index contributed by atoms with van der Waals surface area (Å²) in [6, 6.07) is 20.3. The van der Waals surface area contributed by atoms with Crippen LogP contribution in [0, 0.1) is 5.88 Å². The van der Waals surface area contributed by atoms with Gasteiger partial charge in [-0.15, -0.1) is 0 Å². The maximum absolute atomic E-state index is 12.9. The van der Waals surface area contributed by atoms with Gasteiger partial charge in [-0.25, -0.2) is 5.01 Å². The van der Waals surface area contributed by atoms with Crippen LogP contribution in [-0.2, 0) is 12.8 Å². The number of hydrazone groups is 1. The van der Waals surface area contributed by atoms with Crippen LogP contribution in [0.25, 0.3) is 0 Å². The van der Waals surface area contributed by atoms with Crippen molar-refractivity contribution < 1.29 is 17.9 Å². The van der Waals surface area contributed by atoms with Gasteiger partial charge in [0, 0.05) is 10.0 Å². The molecule has 0 atom stereocenters. The minimum absolute atomic E-state index is 0.0449. The fraction of sp³-hybridized carbons (Fsp3) is 0.0909. The maximum Gasteiger partial charge on any atom is 0.416 e. The van der Waals surface area contributed by atoms with Gasteiger partial charge in [0.15, 0.2) is 0 Å². The Morgan fingerprint density at radius 1 is 0.967 bits per heavy atom. The van der Waals surface area contributed by atoms with Crippen molar-refractivity contribution >= 4 is 38.4 Å². The Bertz CT molecular complexity index is 1090. The van der Waals surface area contributed by atoms with Gasteiger partial charge in [-0.1, -0.05) is 58.0 Å². The first-order valence-corrected chi connectivity index (χ1v) is 10.6. The molecule has 3 aromatic rings. The van der Waals surface area contributed by atoms with E-state index in [0.717, 1.165) is 32.9 Å². The van der Waals surface area contributed by atoms with Gasteiger partial charge in [-0.3, -0.25) is 0 Å². The molecule has 1 heterocycles. The number of alkyl halides is 3. The first-order chi connectivity index (χ1) is 14.4. The predicted octanol–water partition coefficient (Wildman–Crippen LogP) is 7.08. The number of nitrogens with zero attached hydrogens (tertiary/aromatic N) is 2. The average Bonchev–Trinajstić information content (AvgIpc) is 3.23. The summed E-state index contributed by atoms with van der Waals surface area (Å²) in [5.41, 5.74) is 1.58. The molecule has 1 aliphatic rings. The molecular weight excluding hydrogens is 477 g/mol. The van der Waals surface area contributed by atoms with Crippen molar-refractivity contribution in [2.24, 2.45) is 5.10 Å². The van der Waals surface area contributed by atoms with Gasteiger partial charge in [0.05, 0.1) is 11.3 Å². The molecule has 0 bridgehead atoms. The highest BCUT2D eigenvalue weighted by atomic mass is 79.9. The third-order valence-corrected chi connectivity index (χ3v) is 5.62. The second-order valence-electron chi connectivity index (χ2n) is 6.47. The number of ether oxygens (including phenoxy) is 1. The van der Waals surface area contributed by atoms with Crippen molar-refractivity contribution in [1.82, 2.24) is 0 Å². The quantitative estimate of drug-likeness (QED) is 0.381. The summed E-state index contributed by atoms with van der Waals surface area (Å²) in [4.78, 5) is 0. The minimum Gasteiger partial charge on any atom is -0.489 e. The highest BCUT2D eigenvalue weighted by Crippen LogP contribution is 2.33. The summed E-state index contributed by atoms with van der Waals surface area (Å²) >= 11 is 4.94. The third kappa shape index (κ3) is 4.99. The van der Waals surface area contributed by atoms with E-state index in [9.17, 15) is 13.2 Å². The van der Waals surface area contributed by atoms with Gasteiger partial charge in [-0.2, -0.15) is 18.3 Å². The van der Waals surface area contributed by atoms with E-state index in [0.29, 0.717) is 11.3 Å². The largest absolute Gasteiger partial charge is 0.489 e. The number of benzene rings is 3. The van der Waals surface area contributed by atoms with Crippen LogP contribution in [0.1, 0.15) is 16.7 Å². The fourth-order valence-corrected chi connectivity index (χ4v) is 3.98. The molecule has 0 fully saturated rings. The Kier molecular flexibility index (Phi) is 6.06. The van der Waals surface area contributed by atoms with Gasteiger partial charge >= 0.3 is 6.18 Å². The normalized spacial score (nSPS) is 14.0. The first kappa shape index (κ1) is 20.8. The lowest BCUT2D eigenvalue weighted by Crippen LogP contribution is -2.06. The van der Waals surface area contributed by atoms with Crippen molar-refractivity contribution in [3.8, 4) is 5.75 Å². The van der Waals surface area contributed by atoms with Crippen LogP contribution in [0.5, 0.6) is 5.75 Å². The summed E-state index contributed by atoms with van der Waals surface area (Å²) in [6.45, 7) is 0.0449. The van der Waals surface area contributed by atoms with E-state index in [-0.39, 0.29) is 6.61 Å². The molecule has 153 valence electrons.